The molecule has 2 N–H and O–H groups in total. The van der Waals surface area contributed by atoms with Crippen molar-refractivity contribution in [2.24, 2.45) is 0 Å². The smallest absolute Gasteiger partial charge is 0.315 e. The summed E-state index contributed by atoms with van der Waals surface area (Å²) in [5.41, 5.74) is 0. The molecule has 1 unspecified atom stereocenters. The molecule has 0 aromatic heterocycles. The van der Waals surface area contributed by atoms with Crippen molar-refractivity contribution in [3.05, 3.63) is 0 Å². The van der Waals surface area contributed by atoms with Gasteiger partial charge in [0.2, 0.25) is 0 Å². The van der Waals surface area contributed by atoms with E-state index in [2.05, 4.69) is 0 Å². The van der Waals surface area contributed by atoms with Crippen molar-refractivity contribution in [2.75, 3.05) is 101 Å². The number of carbonyl (C=O) groups excluding carboxylic acids is 3. The van der Waals surface area contributed by atoms with Crippen LogP contribution < -0.4 is 0 Å². The molecule has 0 bridgehead atoms. The van der Waals surface area contributed by atoms with E-state index in [0.717, 1.165) is 31.8 Å². The number of rotatable bonds is 31. The van der Waals surface area contributed by atoms with Crippen LogP contribution in [-0.4, -0.2) is 132 Å². The number of aliphatic hydroxyl groups is 2. The van der Waals surface area contributed by atoms with Crippen LogP contribution in [0.4, 0.5) is 0 Å². The molecule has 8 nitrogen and oxygen atoms in total. The Labute approximate surface area is 293 Å². The summed E-state index contributed by atoms with van der Waals surface area (Å²) in [6.07, 6.45) is 0. The van der Waals surface area contributed by atoms with Crippen LogP contribution in [0.1, 0.15) is 0 Å². The summed E-state index contributed by atoms with van der Waals surface area (Å²) >= 11 is 16.8. The Morgan fingerprint density at radius 1 is 0.561 bits per heavy atom. The maximum absolute atomic E-state index is 12.1. The van der Waals surface area contributed by atoms with Crippen LogP contribution in [-0.2, 0) is 34.7 Å². The fraction of sp³-hybridized carbons (Fsp3) is 0.857. The predicted molar refractivity (Wildman–Crippen MR) is 201 cm³/mol. The molecule has 41 heavy (non-hydrogen) atoms. The van der Waals surface area contributed by atoms with Crippen molar-refractivity contribution in [3.63, 3.8) is 0 Å². The van der Waals surface area contributed by atoms with Crippen molar-refractivity contribution in [2.45, 2.75) is 0 Å². The lowest BCUT2D eigenvalue weighted by Crippen LogP contribution is -2.10. The Hall–Kier alpha value is 2.53. The summed E-state index contributed by atoms with van der Waals surface area (Å²) in [6, 6.07) is 0. The average molecular weight is 803 g/mol. The van der Waals surface area contributed by atoms with E-state index in [1.807, 2.05) is 0 Å². The Morgan fingerprint density at radius 2 is 1.05 bits per heavy atom. The number of carbonyl (C=O) groups is 3. The molecule has 0 aliphatic carbocycles. The zero-order valence-corrected chi connectivity index (χ0v) is 32.3. The van der Waals surface area contributed by atoms with Crippen molar-refractivity contribution in [3.8, 4) is 0 Å². The summed E-state index contributed by atoms with van der Waals surface area (Å²) in [4.78, 5) is 35.3. The highest BCUT2D eigenvalue weighted by atomic mass is 32.3. The van der Waals surface area contributed by atoms with Gasteiger partial charge >= 0.3 is 11.9 Å². The number of hydrogen-bond donors (Lipinski definition) is 2. The SMILES string of the molecule is O=C(CSCSCCS(=O)CSCSCSC(=O)CSCSCC(=O)OCCSCSCO)OCCSCSCO. The van der Waals surface area contributed by atoms with E-state index in [1.165, 1.54) is 70.6 Å². The van der Waals surface area contributed by atoms with Crippen LogP contribution in [0.5, 0.6) is 0 Å². The van der Waals surface area contributed by atoms with Gasteiger partial charge in [-0.05, 0) is 0 Å². The Kier molecular flexibility index (Phi) is 37.6. The average Bonchev–Trinajstić information content (AvgIpc) is 2.96. The van der Waals surface area contributed by atoms with E-state index in [-0.39, 0.29) is 34.7 Å². The maximum Gasteiger partial charge on any atom is 0.315 e. The molecule has 0 heterocycles. The van der Waals surface area contributed by atoms with E-state index in [1.54, 1.807) is 58.8 Å². The normalized spacial score (nSPS) is 11.9. The predicted octanol–water partition coefficient (Wildman–Crippen LogP) is 5.02. The fourth-order valence-corrected chi connectivity index (χ4v) is 14.0. The van der Waals surface area contributed by atoms with Crippen LogP contribution in [0, 0.1) is 0 Å². The van der Waals surface area contributed by atoms with Gasteiger partial charge in [-0.2, -0.15) is 11.8 Å². The Balaban J connectivity index is 3.42. The second kappa shape index (κ2) is 35.4. The lowest BCUT2D eigenvalue weighted by atomic mass is 10.8. The van der Waals surface area contributed by atoms with Crippen LogP contribution in [0.3, 0.4) is 0 Å². The second-order valence-electron chi connectivity index (χ2n) is 6.77. The molecule has 0 aliphatic rings. The first-order valence-electron chi connectivity index (χ1n) is 11.8. The van der Waals surface area contributed by atoms with E-state index in [0.29, 0.717) is 51.5 Å². The minimum atomic E-state index is -0.885. The molecule has 0 amide bonds. The second-order valence-corrected chi connectivity index (χ2v) is 22.1. The minimum Gasteiger partial charge on any atom is -0.464 e. The Bertz CT molecular complexity index is 680. The van der Waals surface area contributed by atoms with Gasteiger partial charge in [0.25, 0.3) is 0 Å². The molecule has 0 spiro atoms. The number of thioether (sulfide) groups is 11. The van der Waals surface area contributed by atoms with Gasteiger partial charge in [0.15, 0.2) is 5.12 Å². The molecule has 0 rings (SSSR count). The zero-order chi connectivity index (χ0) is 30.2. The molecular weight excluding hydrogens is 765 g/mol. The van der Waals surface area contributed by atoms with Crippen molar-refractivity contribution in [1.29, 1.82) is 0 Å². The van der Waals surface area contributed by atoms with Crippen LogP contribution in [0.15, 0.2) is 0 Å². The van der Waals surface area contributed by atoms with Crippen molar-refractivity contribution >= 4 is 157 Å². The molecule has 0 saturated carbocycles. The number of esters is 2. The molecule has 20 heteroatoms. The van der Waals surface area contributed by atoms with Gasteiger partial charge in [0.05, 0.1) is 34.2 Å². The van der Waals surface area contributed by atoms with Crippen molar-refractivity contribution in [1.82, 2.24) is 0 Å². The maximum atomic E-state index is 12.1. The molecule has 0 radical (unpaired) electrons. The summed E-state index contributed by atoms with van der Waals surface area (Å²) in [6.45, 7) is 0.762. The van der Waals surface area contributed by atoms with Gasteiger partial charge < -0.3 is 19.7 Å². The highest BCUT2D eigenvalue weighted by Crippen LogP contribution is 2.22. The van der Waals surface area contributed by atoms with Gasteiger partial charge in [-0.3, -0.25) is 18.6 Å². The monoisotopic (exact) mass is 802 g/mol. The first kappa shape index (κ1) is 43.5. The third-order valence-electron chi connectivity index (χ3n) is 3.63. The molecule has 0 aliphatic heterocycles. The van der Waals surface area contributed by atoms with Gasteiger partial charge in [-0.25, -0.2) is 0 Å². The highest BCUT2D eigenvalue weighted by Gasteiger charge is 2.07. The topological polar surface area (TPSA) is 127 Å². The molecular formula is C21H38O8S12. The lowest BCUT2D eigenvalue weighted by Gasteiger charge is -2.05. The minimum absolute atomic E-state index is 0.1000. The zero-order valence-electron chi connectivity index (χ0n) is 22.5. The molecule has 242 valence electrons. The van der Waals surface area contributed by atoms with Crippen molar-refractivity contribution < 1.29 is 38.3 Å². The standard InChI is InChI=1S/C21H38O8S12/c22-10-36-13-30-3-1-28-19(24)7-33-12-32-5-6-41(27)18-39-16-38-17-40-21(26)9-35-15-34-8-20(25)29-2-4-31-14-37-11-23/h22-23H,1-18H2. The third-order valence-corrected chi connectivity index (χ3v) is 17.8. The first-order chi connectivity index (χ1) is 20.0. The van der Waals surface area contributed by atoms with E-state index in [4.69, 9.17) is 19.7 Å². The van der Waals surface area contributed by atoms with Gasteiger partial charge in [0, 0.05) is 64.3 Å². The summed E-state index contributed by atoms with van der Waals surface area (Å²) in [7, 11) is -0.885. The van der Waals surface area contributed by atoms with E-state index < -0.39 is 10.8 Å². The van der Waals surface area contributed by atoms with E-state index >= 15 is 0 Å². The van der Waals surface area contributed by atoms with Crippen LogP contribution in [0.25, 0.3) is 0 Å². The quantitative estimate of drug-likeness (QED) is 0.0553. The van der Waals surface area contributed by atoms with Gasteiger partial charge in [-0.15, -0.1) is 106 Å². The van der Waals surface area contributed by atoms with Gasteiger partial charge in [0.1, 0.15) is 13.2 Å². The first-order valence-corrected chi connectivity index (χ1v) is 25.8. The van der Waals surface area contributed by atoms with Crippen LogP contribution >= 0.6 is 129 Å². The fourth-order valence-electron chi connectivity index (χ4n) is 1.95. The largest absolute Gasteiger partial charge is 0.464 e. The summed E-state index contributed by atoms with van der Waals surface area (Å²) < 4.78 is 22.4. The molecule has 0 saturated heterocycles. The van der Waals surface area contributed by atoms with Crippen LogP contribution in [0.2, 0.25) is 0 Å². The molecule has 0 aromatic carbocycles. The Morgan fingerprint density at radius 3 is 1.63 bits per heavy atom. The third kappa shape index (κ3) is 35.2. The summed E-state index contributed by atoms with van der Waals surface area (Å²) in [5.74, 6) is 3.61. The lowest BCUT2D eigenvalue weighted by molar-refractivity contribution is -0.140. The number of ether oxygens (including phenoxy) is 2. The molecule has 1 atom stereocenters. The molecule has 0 aromatic rings. The van der Waals surface area contributed by atoms with E-state index in [9.17, 15) is 18.6 Å². The molecule has 0 fully saturated rings. The number of aliphatic hydroxyl groups excluding tert-OH is 2. The highest BCUT2D eigenvalue weighted by molar-refractivity contribution is 8.29. The van der Waals surface area contributed by atoms with Gasteiger partial charge in [-0.1, -0.05) is 11.8 Å². The summed E-state index contributed by atoms with van der Waals surface area (Å²) in [5, 5.41) is 22.5. The number of hydrogen-bond acceptors (Lipinski definition) is 19.